The monoisotopic (exact) mass is 476 g/mol. The number of hydrogen-bond donors (Lipinski definition) is 2. The molecule has 0 bridgehead atoms. The fourth-order valence-electron chi connectivity index (χ4n) is 2.56. The Hall–Kier alpha value is -2.25. The third kappa shape index (κ3) is 4.47. The standard InChI is InChI=1S/C19H14Br2N2O3/c20-13-7-12(8-14(21)9-13)18(24)23-17(19(25)26)10-15-6-5-11-3-1-2-4-16(11)22-15/h1-9,17H,10H2,(H,23,24)(H,25,26)/t17-/m1/s1. The number of carbonyl (C=O) groups is 2. The fourth-order valence-corrected chi connectivity index (χ4v) is 3.85. The van der Waals surface area contributed by atoms with Gasteiger partial charge in [-0.15, -0.1) is 0 Å². The average Bonchev–Trinajstić information content (AvgIpc) is 2.60. The first-order valence-corrected chi connectivity index (χ1v) is 9.35. The number of aliphatic carboxylic acids is 1. The molecule has 0 unspecified atom stereocenters. The summed E-state index contributed by atoms with van der Waals surface area (Å²) in [5.74, 6) is -1.57. The molecule has 3 aromatic rings. The smallest absolute Gasteiger partial charge is 0.326 e. The molecule has 0 saturated heterocycles. The van der Waals surface area contributed by atoms with Gasteiger partial charge in [-0.2, -0.15) is 0 Å². The molecule has 0 fully saturated rings. The number of halogens is 2. The molecule has 26 heavy (non-hydrogen) atoms. The summed E-state index contributed by atoms with van der Waals surface area (Å²) in [6.07, 6.45) is 0.0983. The molecule has 0 aliphatic rings. The number of fused-ring (bicyclic) bond motifs is 1. The van der Waals surface area contributed by atoms with Gasteiger partial charge in [0.15, 0.2) is 0 Å². The number of carboxylic acids is 1. The summed E-state index contributed by atoms with van der Waals surface area (Å²) in [6, 6.07) is 15.3. The molecule has 5 nitrogen and oxygen atoms in total. The Morgan fingerprint density at radius 3 is 2.42 bits per heavy atom. The highest BCUT2D eigenvalue weighted by molar-refractivity contribution is 9.11. The van der Waals surface area contributed by atoms with E-state index in [4.69, 9.17) is 0 Å². The summed E-state index contributed by atoms with van der Waals surface area (Å²) >= 11 is 6.63. The molecule has 3 rings (SSSR count). The molecular weight excluding hydrogens is 464 g/mol. The van der Waals surface area contributed by atoms with Crippen LogP contribution < -0.4 is 5.32 Å². The molecule has 0 aliphatic carbocycles. The number of pyridine rings is 1. The first kappa shape index (κ1) is 18.5. The van der Waals surface area contributed by atoms with Crippen molar-refractivity contribution in [1.82, 2.24) is 10.3 Å². The van der Waals surface area contributed by atoms with Crippen molar-refractivity contribution in [3.8, 4) is 0 Å². The second kappa shape index (κ2) is 7.97. The van der Waals surface area contributed by atoms with Gasteiger partial charge in [0.1, 0.15) is 6.04 Å². The molecular formula is C19H14Br2N2O3. The van der Waals surface area contributed by atoms with Crippen LogP contribution in [0.5, 0.6) is 0 Å². The van der Waals surface area contributed by atoms with Crippen molar-refractivity contribution >= 4 is 54.6 Å². The number of rotatable bonds is 5. The minimum absolute atomic E-state index is 0.0983. The third-order valence-corrected chi connectivity index (χ3v) is 4.71. The molecule has 1 amide bonds. The van der Waals surface area contributed by atoms with Crippen LogP contribution in [0, 0.1) is 0 Å². The van der Waals surface area contributed by atoms with Crippen molar-refractivity contribution in [3.63, 3.8) is 0 Å². The van der Waals surface area contributed by atoms with Crippen LogP contribution in [0.25, 0.3) is 10.9 Å². The van der Waals surface area contributed by atoms with Crippen LogP contribution in [0.4, 0.5) is 0 Å². The number of carboxylic acid groups (broad SMARTS) is 1. The van der Waals surface area contributed by atoms with Crippen LogP contribution in [0.3, 0.4) is 0 Å². The maximum atomic E-state index is 12.4. The largest absolute Gasteiger partial charge is 0.480 e. The molecule has 0 aliphatic heterocycles. The van der Waals surface area contributed by atoms with E-state index in [1.54, 1.807) is 24.3 Å². The number of hydrogen-bond acceptors (Lipinski definition) is 3. The molecule has 132 valence electrons. The first-order chi connectivity index (χ1) is 12.4. The van der Waals surface area contributed by atoms with Gasteiger partial charge in [0.2, 0.25) is 0 Å². The van der Waals surface area contributed by atoms with Gasteiger partial charge in [-0.3, -0.25) is 9.78 Å². The van der Waals surface area contributed by atoms with Crippen molar-refractivity contribution in [2.75, 3.05) is 0 Å². The Balaban J connectivity index is 1.80. The SMILES string of the molecule is O=C(N[C@H](Cc1ccc2ccccc2n1)C(=O)O)c1cc(Br)cc(Br)c1. The van der Waals surface area contributed by atoms with E-state index >= 15 is 0 Å². The Morgan fingerprint density at radius 1 is 1.04 bits per heavy atom. The van der Waals surface area contributed by atoms with Crippen LogP contribution in [0.1, 0.15) is 16.1 Å². The first-order valence-electron chi connectivity index (χ1n) is 7.77. The normalized spacial score (nSPS) is 11.9. The number of aromatic nitrogens is 1. The lowest BCUT2D eigenvalue weighted by molar-refractivity contribution is -0.139. The Kier molecular flexibility index (Phi) is 5.68. The van der Waals surface area contributed by atoms with Crippen LogP contribution in [-0.2, 0) is 11.2 Å². The van der Waals surface area contributed by atoms with Crippen molar-refractivity contribution < 1.29 is 14.7 Å². The summed E-state index contributed by atoms with van der Waals surface area (Å²) in [5.41, 5.74) is 1.76. The van der Waals surface area contributed by atoms with Gasteiger partial charge in [-0.25, -0.2) is 4.79 Å². The number of nitrogens with one attached hydrogen (secondary N) is 1. The van der Waals surface area contributed by atoms with Gasteiger partial charge in [0.05, 0.1) is 5.52 Å². The molecule has 2 N–H and O–H groups in total. The number of benzene rings is 2. The number of para-hydroxylation sites is 1. The van der Waals surface area contributed by atoms with E-state index in [1.165, 1.54) is 0 Å². The molecule has 1 atom stereocenters. The van der Waals surface area contributed by atoms with Gasteiger partial charge >= 0.3 is 5.97 Å². The number of carbonyl (C=O) groups excluding carboxylic acids is 1. The van der Waals surface area contributed by atoms with E-state index in [0.717, 1.165) is 19.8 Å². The molecule has 0 spiro atoms. The predicted molar refractivity (Wildman–Crippen MR) is 106 cm³/mol. The van der Waals surface area contributed by atoms with E-state index in [-0.39, 0.29) is 6.42 Å². The molecule has 7 heteroatoms. The zero-order valence-corrected chi connectivity index (χ0v) is 16.6. The van der Waals surface area contributed by atoms with Crippen LogP contribution in [0.15, 0.2) is 63.5 Å². The maximum Gasteiger partial charge on any atom is 0.326 e. The highest BCUT2D eigenvalue weighted by atomic mass is 79.9. The van der Waals surface area contributed by atoms with Gasteiger partial charge in [0, 0.05) is 32.0 Å². The summed E-state index contributed by atoms with van der Waals surface area (Å²) in [7, 11) is 0. The summed E-state index contributed by atoms with van der Waals surface area (Å²) in [5, 5.41) is 13.0. The van der Waals surface area contributed by atoms with Crippen LogP contribution in [-0.4, -0.2) is 28.0 Å². The number of nitrogens with zero attached hydrogens (tertiary/aromatic N) is 1. The zero-order chi connectivity index (χ0) is 18.7. The Labute approximate surface area is 166 Å². The van der Waals surface area contributed by atoms with E-state index in [9.17, 15) is 14.7 Å². The Bertz CT molecular complexity index is 971. The minimum Gasteiger partial charge on any atom is -0.480 e. The third-order valence-electron chi connectivity index (χ3n) is 3.80. The predicted octanol–water partition coefficient (Wildman–Crippen LogP) is 4.19. The second-order valence-electron chi connectivity index (χ2n) is 5.72. The lowest BCUT2D eigenvalue weighted by Gasteiger charge is -2.15. The Morgan fingerprint density at radius 2 is 1.73 bits per heavy atom. The fraction of sp³-hybridized carbons (Fsp3) is 0.105. The van der Waals surface area contributed by atoms with Crippen LogP contribution in [0.2, 0.25) is 0 Å². The minimum atomic E-state index is -1.11. The second-order valence-corrected chi connectivity index (χ2v) is 7.55. The maximum absolute atomic E-state index is 12.4. The van der Waals surface area contributed by atoms with Crippen LogP contribution >= 0.6 is 31.9 Å². The highest BCUT2D eigenvalue weighted by Gasteiger charge is 2.22. The topological polar surface area (TPSA) is 79.3 Å². The quantitative estimate of drug-likeness (QED) is 0.577. The van der Waals surface area contributed by atoms with Gasteiger partial charge in [0.25, 0.3) is 5.91 Å². The zero-order valence-electron chi connectivity index (χ0n) is 13.4. The highest BCUT2D eigenvalue weighted by Crippen LogP contribution is 2.20. The van der Waals surface area contributed by atoms with Gasteiger partial charge in [-0.1, -0.05) is 56.1 Å². The average molecular weight is 478 g/mol. The summed E-state index contributed by atoms with van der Waals surface area (Å²) in [6.45, 7) is 0. The van der Waals surface area contributed by atoms with Gasteiger partial charge in [-0.05, 0) is 30.3 Å². The van der Waals surface area contributed by atoms with Gasteiger partial charge < -0.3 is 10.4 Å². The number of amides is 1. The van der Waals surface area contributed by atoms with Crippen molar-refractivity contribution in [2.24, 2.45) is 0 Å². The van der Waals surface area contributed by atoms with E-state index in [1.807, 2.05) is 30.3 Å². The van der Waals surface area contributed by atoms with E-state index < -0.39 is 17.9 Å². The molecule has 0 radical (unpaired) electrons. The molecule has 0 saturated carbocycles. The van der Waals surface area contributed by atoms with Crippen molar-refractivity contribution in [3.05, 3.63) is 74.8 Å². The van der Waals surface area contributed by atoms with E-state index in [0.29, 0.717) is 11.3 Å². The molecule has 2 aromatic carbocycles. The lowest BCUT2D eigenvalue weighted by atomic mass is 10.1. The summed E-state index contributed by atoms with van der Waals surface area (Å²) in [4.78, 5) is 28.5. The van der Waals surface area contributed by atoms with E-state index in [2.05, 4.69) is 42.2 Å². The van der Waals surface area contributed by atoms with Crippen molar-refractivity contribution in [1.29, 1.82) is 0 Å². The summed E-state index contributed by atoms with van der Waals surface area (Å²) < 4.78 is 1.44. The molecule has 1 aromatic heterocycles. The lowest BCUT2D eigenvalue weighted by Crippen LogP contribution is -2.42. The van der Waals surface area contributed by atoms with Crippen molar-refractivity contribution in [2.45, 2.75) is 12.5 Å². The molecule has 1 heterocycles.